The van der Waals surface area contributed by atoms with E-state index in [0.29, 0.717) is 29.8 Å². The summed E-state index contributed by atoms with van der Waals surface area (Å²) in [5, 5.41) is 20.6. The molecular formula is C21H24N2O6. The SMILES string of the molecule is COc1ccc(-c2oc3c(CCC(C)(C)N)c(O)cc(O)c3c(=O)c2OC)nc1. The maximum Gasteiger partial charge on any atom is 0.239 e. The van der Waals surface area contributed by atoms with Crippen molar-refractivity contribution < 1.29 is 24.1 Å². The van der Waals surface area contributed by atoms with Crippen LogP contribution in [-0.4, -0.2) is 35.0 Å². The van der Waals surface area contributed by atoms with E-state index in [1.807, 2.05) is 13.8 Å². The van der Waals surface area contributed by atoms with Gasteiger partial charge in [0.2, 0.25) is 11.2 Å². The molecule has 0 radical (unpaired) electrons. The first-order valence-corrected chi connectivity index (χ1v) is 9.04. The van der Waals surface area contributed by atoms with Crippen molar-refractivity contribution in [3.63, 3.8) is 0 Å². The minimum absolute atomic E-state index is 0.0678. The average molecular weight is 400 g/mol. The maximum absolute atomic E-state index is 13.1. The molecule has 29 heavy (non-hydrogen) atoms. The molecule has 2 heterocycles. The van der Waals surface area contributed by atoms with E-state index in [1.54, 1.807) is 12.1 Å². The van der Waals surface area contributed by atoms with Crippen LogP contribution in [0.25, 0.3) is 22.4 Å². The number of nitrogens with zero attached hydrogens (tertiary/aromatic N) is 1. The number of fused-ring (bicyclic) bond motifs is 1. The zero-order valence-corrected chi connectivity index (χ0v) is 16.8. The number of aromatic nitrogens is 1. The van der Waals surface area contributed by atoms with Crippen molar-refractivity contribution in [2.75, 3.05) is 14.2 Å². The summed E-state index contributed by atoms with van der Waals surface area (Å²) in [6.45, 7) is 3.72. The Hall–Kier alpha value is -3.26. The first kappa shape index (κ1) is 20.5. The van der Waals surface area contributed by atoms with Gasteiger partial charge in [0.1, 0.15) is 33.9 Å². The number of aromatic hydroxyl groups is 2. The highest BCUT2D eigenvalue weighted by atomic mass is 16.5. The Labute approximate surface area is 167 Å². The minimum atomic E-state index is -0.563. The zero-order chi connectivity index (χ0) is 21.3. The van der Waals surface area contributed by atoms with Crippen LogP contribution in [0.15, 0.2) is 33.6 Å². The number of hydrogen-bond acceptors (Lipinski definition) is 8. The second-order valence-electron chi connectivity index (χ2n) is 7.46. The normalized spacial score (nSPS) is 11.6. The number of hydrogen-bond donors (Lipinski definition) is 3. The van der Waals surface area contributed by atoms with E-state index in [9.17, 15) is 15.0 Å². The van der Waals surface area contributed by atoms with E-state index >= 15 is 0 Å². The summed E-state index contributed by atoms with van der Waals surface area (Å²) in [7, 11) is 2.85. The van der Waals surface area contributed by atoms with E-state index in [-0.39, 0.29) is 28.2 Å². The van der Waals surface area contributed by atoms with E-state index in [1.165, 1.54) is 20.4 Å². The molecule has 0 aliphatic heterocycles. The lowest BCUT2D eigenvalue weighted by Gasteiger charge is -2.19. The standard InChI is InChI=1S/C21H24N2O6/c1-21(2,22)8-7-12-14(24)9-15(25)16-17(26)20(28-4)19(29-18(12)16)13-6-5-11(27-3)10-23-13/h5-6,9-10,24-25H,7-8,22H2,1-4H3. The van der Waals surface area contributed by atoms with Gasteiger partial charge in [-0.2, -0.15) is 0 Å². The molecule has 154 valence electrons. The van der Waals surface area contributed by atoms with Crippen molar-refractivity contribution in [3.8, 4) is 34.5 Å². The van der Waals surface area contributed by atoms with E-state index in [0.717, 1.165) is 6.07 Å². The van der Waals surface area contributed by atoms with Crippen molar-refractivity contribution in [3.05, 3.63) is 40.2 Å². The first-order chi connectivity index (χ1) is 13.7. The van der Waals surface area contributed by atoms with Crippen molar-refractivity contribution in [2.45, 2.75) is 32.2 Å². The monoisotopic (exact) mass is 400 g/mol. The molecule has 4 N–H and O–H groups in total. The van der Waals surface area contributed by atoms with Gasteiger partial charge >= 0.3 is 0 Å². The second kappa shape index (κ2) is 7.63. The van der Waals surface area contributed by atoms with Crippen LogP contribution in [-0.2, 0) is 6.42 Å². The van der Waals surface area contributed by atoms with Gasteiger partial charge in [-0.25, -0.2) is 4.98 Å². The highest BCUT2D eigenvalue weighted by Gasteiger charge is 2.25. The summed E-state index contributed by atoms with van der Waals surface area (Å²) >= 11 is 0. The topological polar surface area (TPSA) is 128 Å². The molecular weight excluding hydrogens is 376 g/mol. The molecule has 0 aliphatic carbocycles. The van der Waals surface area contributed by atoms with Gasteiger partial charge in [-0.15, -0.1) is 0 Å². The van der Waals surface area contributed by atoms with Crippen molar-refractivity contribution in [1.29, 1.82) is 0 Å². The lowest BCUT2D eigenvalue weighted by atomic mass is 9.94. The number of phenolic OH excluding ortho intramolecular Hbond substituents is 2. The van der Waals surface area contributed by atoms with Crippen molar-refractivity contribution >= 4 is 11.0 Å². The van der Waals surface area contributed by atoms with Gasteiger partial charge in [-0.05, 0) is 38.8 Å². The number of nitrogens with two attached hydrogens (primary N) is 1. The first-order valence-electron chi connectivity index (χ1n) is 9.04. The van der Waals surface area contributed by atoms with E-state index in [2.05, 4.69) is 4.98 Å². The molecule has 0 amide bonds. The van der Waals surface area contributed by atoms with Gasteiger partial charge in [0, 0.05) is 17.2 Å². The summed E-state index contributed by atoms with van der Waals surface area (Å²) in [5.74, 6) is -0.0417. The third-order valence-electron chi connectivity index (χ3n) is 4.61. The highest BCUT2D eigenvalue weighted by molar-refractivity contribution is 5.90. The lowest BCUT2D eigenvalue weighted by molar-refractivity contribution is 0.395. The van der Waals surface area contributed by atoms with Crippen LogP contribution >= 0.6 is 0 Å². The summed E-state index contributed by atoms with van der Waals surface area (Å²) in [5.41, 5.74) is 5.80. The van der Waals surface area contributed by atoms with Gasteiger partial charge in [0.15, 0.2) is 5.76 Å². The Morgan fingerprint density at radius 3 is 2.45 bits per heavy atom. The van der Waals surface area contributed by atoms with Crippen LogP contribution in [0, 0.1) is 0 Å². The molecule has 0 saturated heterocycles. The third kappa shape index (κ3) is 3.97. The van der Waals surface area contributed by atoms with Crippen LogP contribution in [0.2, 0.25) is 0 Å². The quantitative estimate of drug-likeness (QED) is 0.576. The Morgan fingerprint density at radius 1 is 1.17 bits per heavy atom. The average Bonchev–Trinajstić information content (AvgIpc) is 2.66. The number of benzene rings is 1. The predicted molar refractivity (Wildman–Crippen MR) is 109 cm³/mol. The predicted octanol–water partition coefficient (Wildman–Crippen LogP) is 2.95. The molecule has 0 spiro atoms. The number of phenols is 2. The highest BCUT2D eigenvalue weighted by Crippen LogP contribution is 2.39. The van der Waals surface area contributed by atoms with Gasteiger partial charge in [-0.1, -0.05) is 0 Å². The third-order valence-corrected chi connectivity index (χ3v) is 4.61. The minimum Gasteiger partial charge on any atom is -0.507 e. The maximum atomic E-state index is 13.1. The smallest absolute Gasteiger partial charge is 0.239 e. The number of pyridine rings is 1. The van der Waals surface area contributed by atoms with Gasteiger partial charge in [0.05, 0.1) is 20.4 Å². The molecule has 0 fully saturated rings. The van der Waals surface area contributed by atoms with Crippen LogP contribution < -0.4 is 20.6 Å². The number of ether oxygens (including phenoxy) is 2. The molecule has 3 aromatic rings. The van der Waals surface area contributed by atoms with Crippen molar-refractivity contribution in [1.82, 2.24) is 4.98 Å². The fourth-order valence-electron chi connectivity index (χ4n) is 3.05. The van der Waals surface area contributed by atoms with E-state index < -0.39 is 16.7 Å². The molecule has 3 rings (SSSR count). The Morgan fingerprint density at radius 2 is 1.90 bits per heavy atom. The van der Waals surface area contributed by atoms with Gasteiger partial charge < -0.3 is 29.8 Å². The van der Waals surface area contributed by atoms with Crippen LogP contribution in [0.4, 0.5) is 0 Å². The second-order valence-corrected chi connectivity index (χ2v) is 7.46. The molecule has 1 aromatic carbocycles. The molecule has 2 aromatic heterocycles. The molecule has 0 aliphatic rings. The molecule has 8 nitrogen and oxygen atoms in total. The Balaban J connectivity index is 2.31. The van der Waals surface area contributed by atoms with Crippen LogP contribution in [0.1, 0.15) is 25.8 Å². The van der Waals surface area contributed by atoms with Crippen molar-refractivity contribution in [2.24, 2.45) is 5.73 Å². The summed E-state index contributed by atoms with van der Waals surface area (Å²) in [6, 6.07) is 4.42. The molecule has 0 unspecified atom stereocenters. The zero-order valence-electron chi connectivity index (χ0n) is 16.8. The summed E-state index contributed by atoms with van der Waals surface area (Å²) in [6.07, 6.45) is 2.35. The number of aryl methyl sites for hydroxylation is 1. The Kier molecular flexibility index (Phi) is 5.39. The summed E-state index contributed by atoms with van der Waals surface area (Å²) < 4.78 is 16.4. The van der Waals surface area contributed by atoms with E-state index in [4.69, 9.17) is 19.6 Å². The molecule has 0 bridgehead atoms. The van der Waals surface area contributed by atoms with Gasteiger partial charge in [0.25, 0.3) is 0 Å². The number of methoxy groups -OCH3 is 2. The molecule has 8 heteroatoms. The Bertz CT molecular complexity index is 1100. The lowest BCUT2D eigenvalue weighted by Crippen LogP contribution is -2.32. The fourth-order valence-corrected chi connectivity index (χ4v) is 3.05. The largest absolute Gasteiger partial charge is 0.507 e. The van der Waals surface area contributed by atoms with Crippen LogP contribution in [0.3, 0.4) is 0 Å². The fraction of sp³-hybridized carbons (Fsp3) is 0.333. The van der Waals surface area contributed by atoms with Crippen LogP contribution in [0.5, 0.6) is 23.0 Å². The molecule has 0 atom stereocenters. The van der Waals surface area contributed by atoms with Gasteiger partial charge in [-0.3, -0.25) is 4.79 Å². The summed E-state index contributed by atoms with van der Waals surface area (Å²) in [4.78, 5) is 17.3. The number of rotatable bonds is 6. The molecule has 0 saturated carbocycles.